The lowest BCUT2D eigenvalue weighted by atomic mass is 10.1. The summed E-state index contributed by atoms with van der Waals surface area (Å²) >= 11 is 1.09. The van der Waals surface area contributed by atoms with Gasteiger partial charge in [-0.1, -0.05) is 27.4 Å². The maximum absolute atomic E-state index is 10.7. The number of nitrogens with zero attached hydrogens (tertiary/aromatic N) is 3. The first-order valence-electron chi connectivity index (χ1n) is 6.91. The first-order valence-corrected chi connectivity index (χ1v) is 9.79. The Bertz CT molecular complexity index is 641. The van der Waals surface area contributed by atoms with Crippen LogP contribution in [0.25, 0.3) is 5.65 Å². The zero-order valence-corrected chi connectivity index (χ0v) is 13.6. The van der Waals surface area contributed by atoms with Gasteiger partial charge in [0.15, 0.2) is 5.65 Å². The summed E-state index contributed by atoms with van der Waals surface area (Å²) in [6.07, 6.45) is 5.95. The number of aryl methyl sites for hydroxylation is 1. The van der Waals surface area contributed by atoms with Crippen molar-refractivity contribution in [2.75, 3.05) is 5.49 Å². The van der Waals surface area contributed by atoms with Crippen LogP contribution in [-0.2, 0) is 16.7 Å². The van der Waals surface area contributed by atoms with Gasteiger partial charge in [-0.25, -0.2) is 9.50 Å². The third-order valence-corrected chi connectivity index (χ3v) is 5.52. The van der Waals surface area contributed by atoms with Crippen LogP contribution in [0.2, 0.25) is 0 Å². The molecule has 6 nitrogen and oxygen atoms in total. The van der Waals surface area contributed by atoms with Crippen molar-refractivity contribution in [2.45, 2.75) is 38.4 Å². The minimum absolute atomic E-state index is 0.400. The van der Waals surface area contributed by atoms with Crippen LogP contribution in [0.5, 0.6) is 0 Å². The highest BCUT2D eigenvalue weighted by Crippen LogP contribution is 2.31. The van der Waals surface area contributed by atoms with E-state index in [1.807, 2.05) is 12.1 Å². The lowest BCUT2D eigenvalue weighted by Crippen LogP contribution is -2.15. The third kappa shape index (κ3) is 5.11. The van der Waals surface area contributed by atoms with Crippen molar-refractivity contribution in [1.82, 2.24) is 14.6 Å². The molecule has 116 valence electrons. The van der Waals surface area contributed by atoms with E-state index in [1.165, 1.54) is 0 Å². The molecule has 0 aromatic carbocycles. The number of hydrogen-bond acceptors (Lipinski definition) is 6. The highest BCUT2D eigenvalue weighted by Gasteiger charge is 2.07. The summed E-state index contributed by atoms with van der Waals surface area (Å²) < 4.78 is 12.4. The average molecular weight is 327 g/mol. The Kier molecular flexibility index (Phi) is 5.81. The van der Waals surface area contributed by atoms with Crippen LogP contribution >= 0.6 is 19.4 Å². The zero-order chi connectivity index (χ0) is 15.3. The van der Waals surface area contributed by atoms with Gasteiger partial charge < -0.3 is 14.4 Å². The summed E-state index contributed by atoms with van der Waals surface area (Å²) in [5.74, 6) is 0.427. The third-order valence-electron chi connectivity index (χ3n) is 3.02. The largest absolute Gasteiger partial charge is 0.810 e. The van der Waals surface area contributed by atoms with Gasteiger partial charge in [0.1, 0.15) is 0 Å². The minimum Gasteiger partial charge on any atom is -0.810 e. The van der Waals surface area contributed by atoms with E-state index in [2.05, 4.69) is 17.0 Å². The first-order chi connectivity index (χ1) is 9.99. The van der Waals surface area contributed by atoms with Crippen LogP contribution in [0, 0.1) is 0 Å². The predicted molar refractivity (Wildman–Crippen MR) is 80.0 cm³/mol. The summed E-state index contributed by atoms with van der Waals surface area (Å²) in [5.41, 5.74) is 2.21. The van der Waals surface area contributed by atoms with Crippen molar-refractivity contribution < 1.29 is 14.4 Å². The Balaban J connectivity index is 2.12. The van der Waals surface area contributed by atoms with Crippen molar-refractivity contribution >= 4 is 25.0 Å². The van der Waals surface area contributed by atoms with Crippen molar-refractivity contribution in [3.8, 4) is 0 Å². The summed E-state index contributed by atoms with van der Waals surface area (Å²) in [7, 11) is -4.46. The van der Waals surface area contributed by atoms with Crippen LogP contribution in [0.15, 0.2) is 18.3 Å². The second-order valence-electron chi connectivity index (χ2n) is 4.89. The Morgan fingerprint density at radius 1 is 1.38 bits per heavy atom. The number of aromatic nitrogens is 3. The summed E-state index contributed by atoms with van der Waals surface area (Å²) in [6, 6.07) is 3.77. The summed E-state index contributed by atoms with van der Waals surface area (Å²) in [5, 5.41) is 4.19. The van der Waals surface area contributed by atoms with Crippen molar-refractivity contribution in [1.29, 1.82) is 0 Å². The van der Waals surface area contributed by atoms with Gasteiger partial charge in [0, 0.05) is 23.0 Å². The Morgan fingerprint density at radius 2 is 2.19 bits per heavy atom. The molecule has 21 heavy (non-hydrogen) atoms. The SMILES string of the molecule is CCCCCc1cc(CSCP(=O)([O-])[O-])n2nccc2n1. The smallest absolute Gasteiger partial charge is 0.155 e. The molecule has 0 atom stereocenters. The van der Waals surface area contributed by atoms with E-state index in [1.54, 1.807) is 10.7 Å². The standard InChI is InChI=1S/C13H20N3O3PS/c1-2-3-4-5-11-8-12(9-21-10-20(17,18)19)16-13(15-11)6-7-14-16/h6-8H,2-5,9-10H2,1H3,(H2,17,18,19)/p-2. The fourth-order valence-corrected chi connectivity index (χ4v) is 3.76. The lowest BCUT2D eigenvalue weighted by molar-refractivity contribution is -0.311. The second-order valence-corrected chi connectivity index (χ2v) is 7.84. The lowest BCUT2D eigenvalue weighted by Gasteiger charge is -2.28. The minimum atomic E-state index is -4.46. The Morgan fingerprint density at radius 3 is 2.90 bits per heavy atom. The first kappa shape index (κ1) is 16.5. The highest BCUT2D eigenvalue weighted by molar-refractivity contribution is 8.03. The monoisotopic (exact) mass is 327 g/mol. The molecule has 2 aromatic rings. The molecule has 0 aliphatic carbocycles. The molecular formula is C13H18N3O3PS-2. The van der Waals surface area contributed by atoms with Gasteiger partial charge in [0.05, 0.1) is 11.9 Å². The topological polar surface area (TPSA) is 93.4 Å². The molecule has 0 N–H and O–H groups in total. The number of thioether (sulfide) groups is 1. The van der Waals surface area contributed by atoms with Gasteiger partial charge in [0.2, 0.25) is 0 Å². The molecule has 0 aliphatic heterocycles. The second kappa shape index (κ2) is 7.40. The summed E-state index contributed by atoms with van der Waals surface area (Å²) in [4.78, 5) is 25.9. The predicted octanol–water partition coefficient (Wildman–Crippen LogP) is 1.57. The maximum atomic E-state index is 10.7. The molecule has 0 radical (unpaired) electrons. The molecule has 0 saturated heterocycles. The van der Waals surface area contributed by atoms with Crippen LogP contribution in [0.3, 0.4) is 0 Å². The van der Waals surface area contributed by atoms with Crippen LogP contribution < -0.4 is 9.79 Å². The van der Waals surface area contributed by atoms with Crippen molar-refractivity contribution in [3.05, 3.63) is 29.7 Å². The molecule has 0 bridgehead atoms. The van der Waals surface area contributed by atoms with Crippen molar-refractivity contribution in [2.24, 2.45) is 0 Å². The highest BCUT2D eigenvalue weighted by atomic mass is 32.2. The molecular weight excluding hydrogens is 309 g/mol. The quantitative estimate of drug-likeness (QED) is 0.539. The molecule has 0 spiro atoms. The molecule has 8 heteroatoms. The molecule has 2 heterocycles. The van der Waals surface area contributed by atoms with E-state index in [0.29, 0.717) is 5.75 Å². The van der Waals surface area contributed by atoms with Gasteiger partial charge in [0.25, 0.3) is 0 Å². The molecule has 0 saturated carbocycles. The maximum Gasteiger partial charge on any atom is 0.155 e. The van der Waals surface area contributed by atoms with Gasteiger partial charge in [-0.2, -0.15) is 16.9 Å². The Labute approximate surface area is 128 Å². The number of unbranched alkanes of at least 4 members (excludes halogenated alkanes) is 2. The van der Waals surface area contributed by atoms with E-state index < -0.39 is 13.1 Å². The molecule has 0 fully saturated rings. The number of hydrogen-bond donors (Lipinski definition) is 0. The molecule has 0 amide bonds. The van der Waals surface area contributed by atoms with Gasteiger partial charge >= 0.3 is 0 Å². The van der Waals surface area contributed by atoms with Gasteiger partial charge in [-0.3, -0.25) is 0 Å². The zero-order valence-electron chi connectivity index (χ0n) is 11.9. The fourth-order valence-electron chi connectivity index (χ4n) is 2.08. The van der Waals surface area contributed by atoms with Crippen LogP contribution in [0.1, 0.15) is 37.6 Å². The molecule has 0 unspecified atom stereocenters. The van der Waals surface area contributed by atoms with E-state index in [-0.39, 0.29) is 0 Å². The van der Waals surface area contributed by atoms with Gasteiger partial charge in [-0.15, -0.1) is 0 Å². The average Bonchev–Trinajstić information content (AvgIpc) is 2.86. The molecule has 2 rings (SSSR count). The molecule has 2 aromatic heterocycles. The number of fused-ring (bicyclic) bond motifs is 1. The van der Waals surface area contributed by atoms with E-state index in [4.69, 9.17) is 0 Å². The van der Waals surface area contributed by atoms with Crippen molar-refractivity contribution in [3.63, 3.8) is 0 Å². The molecule has 0 aliphatic rings. The van der Waals surface area contributed by atoms with E-state index >= 15 is 0 Å². The Hall–Kier alpha value is -0.880. The van der Waals surface area contributed by atoms with E-state index in [9.17, 15) is 14.4 Å². The van der Waals surface area contributed by atoms with Crippen LogP contribution in [-0.4, -0.2) is 20.1 Å². The fraction of sp³-hybridized carbons (Fsp3) is 0.538. The summed E-state index contributed by atoms with van der Waals surface area (Å²) in [6.45, 7) is 2.15. The number of rotatable bonds is 8. The normalized spacial score (nSPS) is 12.1. The van der Waals surface area contributed by atoms with Crippen LogP contribution in [0.4, 0.5) is 0 Å². The van der Waals surface area contributed by atoms with Gasteiger partial charge in [-0.05, 0) is 18.9 Å². The van der Waals surface area contributed by atoms with E-state index in [0.717, 1.165) is 54.5 Å².